The Hall–Kier alpha value is -1.35. The van der Waals surface area contributed by atoms with Crippen LogP contribution in [-0.2, 0) is 11.2 Å². The fraction of sp³-hybridized carbons (Fsp3) is 0.562. The molecule has 1 aliphatic carbocycles. The minimum Gasteiger partial charge on any atom is -0.335 e. The van der Waals surface area contributed by atoms with E-state index in [1.165, 1.54) is 11.1 Å². The smallest absolute Gasteiger partial charge is 0.226 e. The van der Waals surface area contributed by atoms with E-state index in [0.29, 0.717) is 5.91 Å². The second-order valence-corrected chi connectivity index (χ2v) is 5.93. The van der Waals surface area contributed by atoms with Crippen molar-refractivity contribution in [2.24, 2.45) is 11.7 Å². The maximum absolute atomic E-state index is 12.6. The van der Waals surface area contributed by atoms with Crippen molar-refractivity contribution < 1.29 is 4.79 Å². The fourth-order valence-electron chi connectivity index (χ4n) is 3.55. The van der Waals surface area contributed by atoms with Crippen LogP contribution in [0.3, 0.4) is 0 Å². The van der Waals surface area contributed by atoms with Gasteiger partial charge in [-0.15, -0.1) is 0 Å². The number of amides is 1. The maximum atomic E-state index is 12.6. The van der Waals surface area contributed by atoms with E-state index in [0.717, 1.165) is 32.2 Å². The predicted molar refractivity (Wildman–Crippen MR) is 75.6 cm³/mol. The van der Waals surface area contributed by atoms with E-state index in [1.807, 2.05) is 0 Å². The molecular formula is C16H22N2O. The molecule has 1 fully saturated rings. The maximum Gasteiger partial charge on any atom is 0.226 e. The van der Waals surface area contributed by atoms with Crippen molar-refractivity contribution in [1.82, 2.24) is 4.90 Å². The van der Waals surface area contributed by atoms with Crippen LogP contribution < -0.4 is 5.73 Å². The number of fused-ring (bicyclic) bond motifs is 1. The van der Waals surface area contributed by atoms with Crippen molar-refractivity contribution in [3.05, 3.63) is 35.4 Å². The third-order valence-electron chi connectivity index (χ3n) is 4.70. The van der Waals surface area contributed by atoms with Crippen LogP contribution in [0, 0.1) is 5.92 Å². The molecule has 0 bridgehead atoms. The predicted octanol–water partition coefficient (Wildman–Crippen LogP) is 2.26. The van der Waals surface area contributed by atoms with Crippen molar-refractivity contribution >= 4 is 5.91 Å². The van der Waals surface area contributed by atoms with Crippen molar-refractivity contribution in [3.63, 3.8) is 0 Å². The average Bonchev–Trinajstić information content (AvgIpc) is 2.85. The van der Waals surface area contributed by atoms with Gasteiger partial charge < -0.3 is 10.6 Å². The lowest BCUT2D eigenvalue weighted by atomic mass is 9.92. The summed E-state index contributed by atoms with van der Waals surface area (Å²) >= 11 is 0. The second kappa shape index (κ2) is 4.97. The lowest BCUT2D eigenvalue weighted by Crippen LogP contribution is -2.41. The summed E-state index contributed by atoms with van der Waals surface area (Å²) in [6, 6.07) is 8.91. The van der Waals surface area contributed by atoms with Crippen LogP contribution in [0.25, 0.3) is 0 Å². The molecule has 2 N–H and O–H groups in total. The summed E-state index contributed by atoms with van der Waals surface area (Å²) in [4.78, 5) is 14.7. The van der Waals surface area contributed by atoms with Crippen molar-refractivity contribution in [2.75, 3.05) is 6.54 Å². The van der Waals surface area contributed by atoms with Crippen LogP contribution in [0.5, 0.6) is 0 Å². The zero-order valence-corrected chi connectivity index (χ0v) is 11.5. The third kappa shape index (κ3) is 2.27. The highest BCUT2D eigenvalue weighted by molar-refractivity contribution is 5.80. The number of carbonyl (C=O) groups excluding carboxylic acids is 1. The minimum absolute atomic E-state index is 0.155. The highest BCUT2D eigenvalue weighted by Gasteiger charge is 2.35. The molecule has 3 heteroatoms. The first-order valence-electron chi connectivity index (χ1n) is 7.30. The number of carbonyl (C=O) groups is 1. The van der Waals surface area contributed by atoms with Gasteiger partial charge >= 0.3 is 0 Å². The summed E-state index contributed by atoms with van der Waals surface area (Å²) in [5, 5.41) is 0. The topological polar surface area (TPSA) is 46.3 Å². The standard InChI is InChI=1S/C16H22N2O/c1-11-15-5-3-2-4-12(15)8-9-18(11)16(19)13-6-7-14(17)10-13/h2-5,11,13-14H,6-10,17H2,1H3/t11-,13-,14+/m1/s1. The first kappa shape index (κ1) is 12.7. The molecule has 19 heavy (non-hydrogen) atoms. The van der Waals surface area contributed by atoms with Crippen LogP contribution >= 0.6 is 0 Å². The minimum atomic E-state index is 0.155. The zero-order valence-electron chi connectivity index (χ0n) is 11.5. The van der Waals surface area contributed by atoms with Gasteiger partial charge in [0, 0.05) is 18.5 Å². The van der Waals surface area contributed by atoms with Crippen molar-refractivity contribution in [3.8, 4) is 0 Å². The summed E-state index contributed by atoms with van der Waals surface area (Å²) in [6.07, 6.45) is 3.80. The van der Waals surface area contributed by atoms with E-state index in [2.05, 4.69) is 36.1 Å². The molecule has 1 saturated carbocycles. The van der Waals surface area contributed by atoms with E-state index in [9.17, 15) is 4.79 Å². The number of benzene rings is 1. The first-order valence-corrected chi connectivity index (χ1v) is 7.30. The molecule has 3 rings (SSSR count). The summed E-state index contributed by atoms with van der Waals surface area (Å²) in [7, 11) is 0. The van der Waals surface area contributed by atoms with Gasteiger partial charge in [-0.3, -0.25) is 4.79 Å². The van der Waals surface area contributed by atoms with Gasteiger partial charge in [0.15, 0.2) is 0 Å². The van der Waals surface area contributed by atoms with Crippen LogP contribution in [0.2, 0.25) is 0 Å². The van der Waals surface area contributed by atoms with Crippen LogP contribution in [0.15, 0.2) is 24.3 Å². The number of nitrogens with two attached hydrogens (primary N) is 1. The van der Waals surface area contributed by atoms with Gasteiger partial charge in [0.2, 0.25) is 5.91 Å². The number of nitrogens with zero attached hydrogens (tertiary/aromatic N) is 1. The summed E-state index contributed by atoms with van der Waals surface area (Å²) in [6.45, 7) is 2.99. The van der Waals surface area contributed by atoms with Gasteiger partial charge in [-0.05, 0) is 43.7 Å². The summed E-state index contributed by atoms with van der Waals surface area (Å²) in [5.74, 6) is 0.470. The van der Waals surface area contributed by atoms with Crippen LogP contribution in [-0.4, -0.2) is 23.4 Å². The fourth-order valence-corrected chi connectivity index (χ4v) is 3.55. The molecule has 0 saturated heterocycles. The third-order valence-corrected chi connectivity index (χ3v) is 4.70. The quantitative estimate of drug-likeness (QED) is 0.840. The Bertz CT molecular complexity index is 485. The van der Waals surface area contributed by atoms with Crippen LogP contribution in [0.1, 0.15) is 43.4 Å². The van der Waals surface area contributed by atoms with E-state index in [1.54, 1.807) is 0 Å². The molecule has 102 valence electrons. The zero-order chi connectivity index (χ0) is 13.4. The number of rotatable bonds is 1. The summed E-state index contributed by atoms with van der Waals surface area (Å²) < 4.78 is 0. The van der Waals surface area contributed by atoms with Gasteiger partial charge in [0.1, 0.15) is 0 Å². The first-order chi connectivity index (χ1) is 9.16. The molecule has 1 heterocycles. The molecule has 1 amide bonds. The molecule has 0 unspecified atom stereocenters. The Morgan fingerprint density at radius 1 is 1.32 bits per heavy atom. The van der Waals surface area contributed by atoms with E-state index >= 15 is 0 Å². The van der Waals surface area contributed by atoms with Crippen LogP contribution in [0.4, 0.5) is 0 Å². The van der Waals surface area contributed by atoms with E-state index in [-0.39, 0.29) is 18.0 Å². The Morgan fingerprint density at radius 2 is 2.11 bits per heavy atom. The Kier molecular flexibility index (Phi) is 3.31. The molecule has 1 aromatic rings. The Labute approximate surface area is 114 Å². The molecule has 2 aliphatic rings. The molecule has 3 nitrogen and oxygen atoms in total. The van der Waals surface area contributed by atoms with E-state index in [4.69, 9.17) is 5.73 Å². The van der Waals surface area contributed by atoms with Crippen molar-refractivity contribution in [1.29, 1.82) is 0 Å². The molecule has 0 spiro atoms. The molecule has 1 aromatic carbocycles. The number of hydrogen-bond donors (Lipinski definition) is 1. The highest BCUT2D eigenvalue weighted by Crippen LogP contribution is 2.33. The molecular weight excluding hydrogens is 236 g/mol. The Balaban J connectivity index is 1.78. The summed E-state index contributed by atoms with van der Waals surface area (Å²) in [5.41, 5.74) is 8.63. The monoisotopic (exact) mass is 258 g/mol. The largest absolute Gasteiger partial charge is 0.335 e. The van der Waals surface area contributed by atoms with Gasteiger partial charge in [0.25, 0.3) is 0 Å². The number of hydrogen-bond acceptors (Lipinski definition) is 2. The lowest BCUT2D eigenvalue weighted by Gasteiger charge is -2.36. The Morgan fingerprint density at radius 3 is 2.84 bits per heavy atom. The average molecular weight is 258 g/mol. The van der Waals surface area contributed by atoms with Crippen molar-refractivity contribution in [2.45, 2.75) is 44.7 Å². The van der Waals surface area contributed by atoms with Gasteiger partial charge in [-0.2, -0.15) is 0 Å². The molecule has 1 aliphatic heterocycles. The van der Waals surface area contributed by atoms with Gasteiger partial charge in [0.05, 0.1) is 6.04 Å². The SMILES string of the molecule is C[C@@H]1c2ccccc2CCN1C(=O)[C@@H]1CC[C@H](N)C1. The van der Waals surface area contributed by atoms with Gasteiger partial charge in [-0.25, -0.2) is 0 Å². The van der Waals surface area contributed by atoms with Gasteiger partial charge in [-0.1, -0.05) is 24.3 Å². The molecule has 0 radical (unpaired) electrons. The normalized spacial score (nSPS) is 30.2. The van der Waals surface area contributed by atoms with E-state index < -0.39 is 0 Å². The highest BCUT2D eigenvalue weighted by atomic mass is 16.2. The lowest BCUT2D eigenvalue weighted by molar-refractivity contribution is -0.138. The molecule has 3 atom stereocenters. The molecule has 0 aromatic heterocycles. The second-order valence-electron chi connectivity index (χ2n) is 5.93.